The van der Waals surface area contributed by atoms with E-state index in [2.05, 4.69) is 10.6 Å². The molecule has 0 aromatic heterocycles. The largest absolute Gasteiger partial charge is 0.497 e. The minimum atomic E-state index is -0.319. The van der Waals surface area contributed by atoms with Gasteiger partial charge in [-0.2, -0.15) is 0 Å². The second kappa shape index (κ2) is 8.24. The van der Waals surface area contributed by atoms with Gasteiger partial charge >= 0.3 is 0 Å². The summed E-state index contributed by atoms with van der Waals surface area (Å²) in [5.41, 5.74) is 1.40. The van der Waals surface area contributed by atoms with E-state index in [1.54, 1.807) is 31.4 Å². The zero-order valence-electron chi connectivity index (χ0n) is 14.4. The topological polar surface area (TPSA) is 85.9 Å². The van der Waals surface area contributed by atoms with Gasteiger partial charge in [0, 0.05) is 11.8 Å². The molecule has 1 aliphatic heterocycles. The lowest BCUT2D eigenvalue weighted by Crippen LogP contribution is -2.33. The van der Waals surface area contributed by atoms with Gasteiger partial charge in [0.1, 0.15) is 19.0 Å². The zero-order chi connectivity index (χ0) is 18.4. The molecule has 7 nitrogen and oxygen atoms in total. The number of hydrogen-bond donors (Lipinski definition) is 2. The number of carbonyl (C=O) groups excluding carboxylic acids is 2. The lowest BCUT2D eigenvalue weighted by Gasteiger charge is -2.19. The van der Waals surface area contributed by atoms with Crippen molar-refractivity contribution in [1.82, 2.24) is 5.32 Å². The summed E-state index contributed by atoms with van der Waals surface area (Å²) in [5.74, 6) is 1.37. The summed E-state index contributed by atoms with van der Waals surface area (Å²) in [7, 11) is 1.57. The quantitative estimate of drug-likeness (QED) is 0.824. The first-order valence-corrected chi connectivity index (χ1v) is 8.23. The van der Waals surface area contributed by atoms with Crippen molar-refractivity contribution in [3.63, 3.8) is 0 Å². The van der Waals surface area contributed by atoms with E-state index in [9.17, 15) is 9.59 Å². The zero-order valence-corrected chi connectivity index (χ0v) is 14.4. The predicted molar refractivity (Wildman–Crippen MR) is 95.8 cm³/mol. The number of hydrogen-bond acceptors (Lipinski definition) is 5. The molecule has 0 saturated carbocycles. The molecular formula is C19H20N2O5. The summed E-state index contributed by atoms with van der Waals surface area (Å²) in [6, 6.07) is 12.4. The Morgan fingerprint density at radius 1 is 1.04 bits per heavy atom. The number of carbonyl (C=O) groups is 2. The van der Waals surface area contributed by atoms with E-state index < -0.39 is 0 Å². The van der Waals surface area contributed by atoms with Crippen LogP contribution in [0.3, 0.4) is 0 Å². The van der Waals surface area contributed by atoms with Crippen molar-refractivity contribution in [2.45, 2.75) is 6.42 Å². The van der Waals surface area contributed by atoms with Crippen LogP contribution in [0.1, 0.15) is 5.56 Å². The molecule has 2 N–H and O–H groups in total. The van der Waals surface area contributed by atoms with Crippen molar-refractivity contribution in [2.75, 3.05) is 32.2 Å². The van der Waals surface area contributed by atoms with E-state index in [1.807, 2.05) is 18.2 Å². The highest BCUT2D eigenvalue weighted by Gasteiger charge is 2.13. The van der Waals surface area contributed by atoms with Crippen LogP contribution >= 0.6 is 0 Å². The highest BCUT2D eigenvalue weighted by atomic mass is 16.6. The number of rotatable bonds is 6. The summed E-state index contributed by atoms with van der Waals surface area (Å²) in [6.07, 6.45) is 0.175. The van der Waals surface area contributed by atoms with Crippen LogP contribution in [-0.2, 0) is 16.0 Å². The Labute approximate surface area is 151 Å². The Hall–Kier alpha value is -3.22. The molecule has 2 aromatic rings. The summed E-state index contributed by atoms with van der Waals surface area (Å²) in [6.45, 7) is 0.875. The van der Waals surface area contributed by atoms with E-state index in [0.29, 0.717) is 36.1 Å². The van der Waals surface area contributed by atoms with Crippen LogP contribution in [0, 0.1) is 0 Å². The first kappa shape index (κ1) is 17.6. The number of fused-ring (bicyclic) bond motifs is 1. The van der Waals surface area contributed by atoms with Crippen molar-refractivity contribution in [1.29, 1.82) is 0 Å². The average Bonchev–Trinajstić information content (AvgIpc) is 2.66. The fourth-order valence-corrected chi connectivity index (χ4v) is 2.54. The van der Waals surface area contributed by atoms with Crippen molar-refractivity contribution >= 4 is 17.5 Å². The Kier molecular flexibility index (Phi) is 5.58. The molecule has 0 fully saturated rings. The Morgan fingerprint density at radius 3 is 2.65 bits per heavy atom. The Balaban J connectivity index is 1.48. The van der Waals surface area contributed by atoms with E-state index in [4.69, 9.17) is 14.2 Å². The summed E-state index contributed by atoms with van der Waals surface area (Å²) < 4.78 is 16.0. The van der Waals surface area contributed by atoms with Crippen LogP contribution in [0.5, 0.6) is 17.2 Å². The van der Waals surface area contributed by atoms with Gasteiger partial charge < -0.3 is 24.8 Å². The van der Waals surface area contributed by atoms with E-state index in [-0.39, 0.29) is 24.8 Å². The van der Waals surface area contributed by atoms with Gasteiger partial charge in [0.25, 0.3) is 0 Å². The second-order valence-corrected chi connectivity index (χ2v) is 5.71. The number of nitrogens with one attached hydrogen (secondary N) is 2. The van der Waals surface area contributed by atoms with Gasteiger partial charge in [0.05, 0.1) is 20.1 Å². The molecular weight excluding hydrogens is 336 g/mol. The summed E-state index contributed by atoms with van der Waals surface area (Å²) in [4.78, 5) is 24.0. The third kappa shape index (κ3) is 4.66. The first-order chi connectivity index (χ1) is 12.6. The molecule has 7 heteroatoms. The highest BCUT2D eigenvalue weighted by Crippen LogP contribution is 2.32. The number of benzene rings is 2. The molecule has 2 aromatic carbocycles. The van der Waals surface area contributed by atoms with Crippen molar-refractivity contribution < 1.29 is 23.8 Å². The van der Waals surface area contributed by atoms with Crippen LogP contribution in [0.15, 0.2) is 42.5 Å². The molecule has 2 amide bonds. The lowest BCUT2D eigenvalue weighted by molar-refractivity contribution is -0.123. The van der Waals surface area contributed by atoms with Gasteiger partial charge in [-0.1, -0.05) is 12.1 Å². The van der Waals surface area contributed by atoms with Crippen molar-refractivity contribution in [2.24, 2.45) is 0 Å². The van der Waals surface area contributed by atoms with E-state index in [1.165, 1.54) is 0 Å². The maximum absolute atomic E-state index is 12.0. The fourth-order valence-electron chi connectivity index (χ4n) is 2.54. The number of amides is 2. The van der Waals surface area contributed by atoms with Crippen LogP contribution in [0.4, 0.5) is 5.69 Å². The highest BCUT2D eigenvalue weighted by molar-refractivity contribution is 5.95. The maximum Gasteiger partial charge on any atom is 0.243 e. The summed E-state index contributed by atoms with van der Waals surface area (Å²) >= 11 is 0. The van der Waals surface area contributed by atoms with Crippen molar-refractivity contribution in [3.8, 4) is 17.2 Å². The van der Waals surface area contributed by atoms with E-state index >= 15 is 0 Å². The Bertz CT molecular complexity index is 806. The molecule has 0 bridgehead atoms. The normalized spacial score (nSPS) is 12.2. The fraction of sp³-hybridized carbons (Fsp3) is 0.263. The molecule has 0 saturated heterocycles. The van der Waals surface area contributed by atoms with Gasteiger partial charge in [-0.05, 0) is 29.8 Å². The molecule has 0 spiro atoms. The number of methoxy groups -OCH3 is 1. The third-order valence-corrected chi connectivity index (χ3v) is 3.77. The standard InChI is InChI=1S/C19H20N2O5/c1-24-15-4-2-3-13(9-15)10-18(22)20-12-19(23)21-14-5-6-16-17(11-14)26-8-7-25-16/h2-6,9,11H,7-8,10,12H2,1H3,(H,20,22)(H,21,23). The molecule has 0 unspecified atom stereocenters. The van der Waals surface area contributed by atoms with Crippen LogP contribution in [0.25, 0.3) is 0 Å². The molecule has 136 valence electrons. The van der Waals surface area contributed by atoms with Crippen LogP contribution in [-0.4, -0.2) is 38.7 Å². The van der Waals surface area contributed by atoms with Gasteiger partial charge in [-0.15, -0.1) is 0 Å². The van der Waals surface area contributed by atoms with Gasteiger partial charge in [0.15, 0.2) is 11.5 Å². The molecule has 1 heterocycles. The van der Waals surface area contributed by atoms with Gasteiger partial charge in [-0.3, -0.25) is 9.59 Å². The number of anilines is 1. The second-order valence-electron chi connectivity index (χ2n) is 5.71. The minimum absolute atomic E-state index is 0.114. The Morgan fingerprint density at radius 2 is 1.85 bits per heavy atom. The molecule has 0 radical (unpaired) electrons. The molecule has 0 atom stereocenters. The monoisotopic (exact) mass is 356 g/mol. The lowest BCUT2D eigenvalue weighted by atomic mass is 10.1. The SMILES string of the molecule is COc1cccc(CC(=O)NCC(=O)Nc2ccc3c(c2)OCCO3)c1. The molecule has 26 heavy (non-hydrogen) atoms. The minimum Gasteiger partial charge on any atom is -0.497 e. The third-order valence-electron chi connectivity index (χ3n) is 3.77. The first-order valence-electron chi connectivity index (χ1n) is 8.23. The smallest absolute Gasteiger partial charge is 0.243 e. The van der Waals surface area contributed by atoms with Gasteiger partial charge in [0.2, 0.25) is 11.8 Å². The van der Waals surface area contributed by atoms with Crippen LogP contribution in [0.2, 0.25) is 0 Å². The van der Waals surface area contributed by atoms with Crippen molar-refractivity contribution in [3.05, 3.63) is 48.0 Å². The maximum atomic E-state index is 12.0. The predicted octanol–water partition coefficient (Wildman–Crippen LogP) is 1.76. The van der Waals surface area contributed by atoms with Gasteiger partial charge in [-0.25, -0.2) is 0 Å². The average molecular weight is 356 g/mol. The van der Waals surface area contributed by atoms with E-state index in [0.717, 1.165) is 5.56 Å². The van der Waals surface area contributed by atoms with Crippen LogP contribution < -0.4 is 24.8 Å². The molecule has 3 rings (SSSR count). The molecule has 1 aliphatic rings. The number of ether oxygens (including phenoxy) is 3. The molecule has 0 aliphatic carbocycles. The summed E-state index contributed by atoms with van der Waals surface area (Å²) in [5, 5.41) is 5.32.